The molecule has 0 fully saturated rings. The van der Waals surface area contributed by atoms with E-state index in [1.807, 2.05) is 0 Å². The fourth-order valence-electron chi connectivity index (χ4n) is 2.66. The van der Waals surface area contributed by atoms with Crippen molar-refractivity contribution < 1.29 is 9.53 Å². The number of ether oxygens (including phenoxy) is 1. The van der Waals surface area contributed by atoms with Gasteiger partial charge in [0.25, 0.3) is 0 Å². The summed E-state index contributed by atoms with van der Waals surface area (Å²) in [7, 11) is 0. The number of hydrogen-bond donors (Lipinski definition) is 0. The van der Waals surface area contributed by atoms with E-state index in [-0.39, 0.29) is 11.6 Å². The molecule has 0 aromatic rings. The van der Waals surface area contributed by atoms with Crippen LogP contribution in [0.5, 0.6) is 0 Å². The predicted octanol–water partition coefficient (Wildman–Crippen LogP) is 3.53. The van der Waals surface area contributed by atoms with Gasteiger partial charge in [0.05, 0.1) is 0 Å². The molecular weight excluding hydrogens is 200 g/mol. The molecule has 0 amide bonds. The Morgan fingerprint density at radius 1 is 1.44 bits per heavy atom. The third-order valence-electron chi connectivity index (χ3n) is 3.64. The van der Waals surface area contributed by atoms with Crippen LogP contribution in [0.25, 0.3) is 0 Å². The van der Waals surface area contributed by atoms with E-state index < -0.39 is 0 Å². The molecule has 0 unspecified atom stereocenters. The molecule has 2 nitrogen and oxygen atoms in total. The topological polar surface area (TPSA) is 26.3 Å². The summed E-state index contributed by atoms with van der Waals surface area (Å²) in [6, 6.07) is 0. The van der Waals surface area contributed by atoms with Crippen molar-refractivity contribution in [1.82, 2.24) is 0 Å². The van der Waals surface area contributed by atoms with E-state index in [0.29, 0.717) is 0 Å². The summed E-state index contributed by atoms with van der Waals surface area (Å²) in [6.45, 7) is 4.16. The number of carbonyl (C=O) groups is 1. The van der Waals surface area contributed by atoms with E-state index in [1.165, 1.54) is 24.0 Å². The van der Waals surface area contributed by atoms with Gasteiger partial charge in [0, 0.05) is 12.5 Å². The van der Waals surface area contributed by atoms with E-state index in [4.69, 9.17) is 4.74 Å². The minimum atomic E-state index is -0.363. The van der Waals surface area contributed by atoms with Crippen LogP contribution in [-0.4, -0.2) is 11.6 Å². The van der Waals surface area contributed by atoms with E-state index >= 15 is 0 Å². The average molecular weight is 220 g/mol. The molecule has 0 radical (unpaired) electrons. The van der Waals surface area contributed by atoms with Crippen LogP contribution in [0.1, 0.15) is 52.4 Å². The molecule has 16 heavy (non-hydrogen) atoms. The number of rotatable bonds is 2. The summed E-state index contributed by atoms with van der Waals surface area (Å²) in [6.07, 6.45) is 10.5. The largest absolute Gasteiger partial charge is 0.451 e. The van der Waals surface area contributed by atoms with Crippen LogP contribution in [0, 0.1) is 0 Å². The molecule has 0 aromatic carbocycles. The molecule has 1 aliphatic carbocycles. The summed E-state index contributed by atoms with van der Waals surface area (Å²) in [4.78, 5) is 11.6. The first-order chi connectivity index (χ1) is 7.64. The van der Waals surface area contributed by atoms with Crippen molar-refractivity contribution in [1.29, 1.82) is 0 Å². The third kappa shape index (κ3) is 2.21. The number of esters is 1. The van der Waals surface area contributed by atoms with Gasteiger partial charge in [-0.3, -0.25) is 0 Å². The molecule has 0 aromatic heterocycles. The molecular formula is C14H20O2. The number of carbonyl (C=O) groups excluding carboxylic acids is 1. The van der Waals surface area contributed by atoms with Gasteiger partial charge in [-0.25, -0.2) is 4.79 Å². The molecule has 2 heteroatoms. The van der Waals surface area contributed by atoms with Crippen LogP contribution in [0.2, 0.25) is 0 Å². The zero-order chi connectivity index (χ0) is 11.6. The Hall–Kier alpha value is -1.05. The van der Waals surface area contributed by atoms with Gasteiger partial charge in [0.15, 0.2) is 0 Å². The van der Waals surface area contributed by atoms with Gasteiger partial charge < -0.3 is 4.74 Å². The van der Waals surface area contributed by atoms with Crippen LogP contribution in [-0.2, 0) is 9.53 Å². The van der Waals surface area contributed by atoms with Crippen molar-refractivity contribution in [3.8, 4) is 0 Å². The van der Waals surface area contributed by atoms with Gasteiger partial charge in [-0.2, -0.15) is 0 Å². The number of allylic oxidation sites excluding steroid dienone is 1. The van der Waals surface area contributed by atoms with Gasteiger partial charge in [0.2, 0.25) is 0 Å². The van der Waals surface area contributed by atoms with E-state index in [0.717, 1.165) is 25.7 Å². The summed E-state index contributed by atoms with van der Waals surface area (Å²) in [5.41, 5.74) is 2.17. The molecule has 0 spiro atoms. The molecule has 1 aliphatic heterocycles. The standard InChI is InChI=1S/C14H20O2/c1-3-11-9-13(15)16-14(2,10-11)12-7-5-4-6-8-12/h7,9H,3-6,8,10H2,1-2H3/t14-/m0/s1. The van der Waals surface area contributed by atoms with Gasteiger partial charge in [-0.05, 0) is 44.6 Å². The van der Waals surface area contributed by atoms with E-state index in [1.54, 1.807) is 6.08 Å². The SMILES string of the molecule is CCC1=CC(=O)O[C@](C)(C2=CCCCC2)C1. The fraction of sp³-hybridized carbons (Fsp3) is 0.643. The minimum Gasteiger partial charge on any atom is -0.451 e. The number of cyclic esters (lactones) is 1. The molecule has 2 rings (SSSR count). The molecule has 88 valence electrons. The van der Waals surface area contributed by atoms with Crippen molar-refractivity contribution in [3.63, 3.8) is 0 Å². The van der Waals surface area contributed by atoms with Crippen molar-refractivity contribution in [2.75, 3.05) is 0 Å². The highest BCUT2D eigenvalue weighted by molar-refractivity contribution is 5.84. The van der Waals surface area contributed by atoms with E-state index in [9.17, 15) is 4.79 Å². The molecule has 0 saturated heterocycles. The second-order valence-electron chi connectivity index (χ2n) is 4.96. The summed E-state index contributed by atoms with van der Waals surface area (Å²) >= 11 is 0. The molecule has 1 atom stereocenters. The maximum absolute atomic E-state index is 11.6. The zero-order valence-electron chi connectivity index (χ0n) is 10.2. The summed E-state index contributed by atoms with van der Waals surface area (Å²) in [5, 5.41) is 0. The van der Waals surface area contributed by atoms with E-state index in [2.05, 4.69) is 19.9 Å². The lowest BCUT2D eigenvalue weighted by atomic mass is 9.81. The van der Waals surface area contributed by atoms with Crippen LogP contribution in [0.3, 0.4) is 0 Å². The number of hydrogen-bond acceptors (Lipinski definition) is 2. The highest BCUT2D eigenvalue weighted by Gasteiger charge is 2.36. The first-order valence-corrected chi connectivity index (χ1v) is 6.26. The van der Waals surface area contributed by atoms with Crippen LogP contribution in [0.15, 0.2) is 23.3 Å². The maximum Gasteiger partial charge on any atom is 0.331 e. The van der Waals surface area contributed by atoms with Crippen molar-refractivity contribution in [3.05, 3.63) is 23.3 Å². The first kappa shape index (κ1) is 11.4. The second kappa shape index (κ2) is 4.44. The van der Waals surface area contributed by atoms with Crippen molar-refractivity contribution >= 4 is 5.97 Å². The van der Waals surface area contributed by atoms with Crippen molar-refractivity contribution in [2.45, 2.75) is 58.0 Å². The lowest BCUT2D eigenvalue weighted by Gasteiger charge is -2.36. The van der Waals surface area contributed by atoms with Gasteiger partial charge in [-0.15, -0.1) is 0 Å². The lowest BCUT2D eigenvalue weighted by molar-refractivity contribution is -0.150. The maximum atomic E-state index is 11.6. The highest BCUT2D eigenvalue weighted by atomic mass is 16.6. The quantitative estimate of drug-likeness (QED) is 0.525. The smallest absolute Gasteiger partial charge is 0.331 e. The molecule has 0 N–H and O–H groups in total. The van der Waals surface area contributed by atoms with Gasteiger partial charge in [0.1, 0.15) is 5.60 Å². The Labute approximate surface area is 97.4 Å². The summed E-state index contributed by atoms with van der Waals surface area (Å²) in [5.74, 6) is -0.169. The Kier molecular flexibility index (Phi) is 3.17. The lowest BCUT2D eigenvalue weighted by Crippen LogP contribution is -2.37. The molecule has 0 bridgehead atoms. The normalized spacial score (nSPS) is 30.5. The molecule has 2 aliphatic rings. The third-order valence-corrected chi connectivity index (χ3v) is 3.64. The monoisotopic (exact) mass is 220 g/mol. The second-order valence-corrected chi connectivity index (χ2v) is 4.96. The average Bonchev–Trinajstić information content (AvgIpc) is 2.29. The van der Waals surface area contributed by atoms with Gasteiger partial charge >= 0.3 is 5.97 Å². The predicted molar refractivity (Wildman–Crippen MR) is 64.0 cm³/mol. The van der Waals surface area contributed by atoms with Crippen LogP contribution < -0.4 is 0 Å². The Bertz CT molecular complexity index is 352. The minimum absolute atomic E-state index is 0.169. The molecule has 1 heterocycles. The zero-order valence-corrected chi connectivity index (χ0v) is 10.2. The highest BCUT2D eigenvalue weighted by Crippen LogP contribution is 2.38. The Morgan fingerprint density at radius 3 is 2.88 bits per heavy atom. The van der Waals surface area contributed by atoms with Gasteiger partial charge in [-0.1, -0.05) is 18.6 Å². The van der Waals surface area contributed by atoms with Crippen molar-refractivity contribution in [2.24, 2.45) is 0 Å². The Morgan fingerprint density at radius 2 is 2.25 bits per heavy atom. The van der Waals surface area contributed by atoms with Crippen LogP contribution >= 0.6 is 0 Å². The van der Waals surface area contributed by atoms with Crippen LogP contribution in [0.4, 0.5) is 0 Å². The first-order valence-electron chi connectivity index (χ1n) is 6.26. The Balaban J connectivity index is 2.22. The summed E-state index contributed by atoms with van der Waals surface area (Å²) < 4.78 is 5.56. The molecule has 0 saturated carbocycles. The fourth-order valence-corrected chi connectivity index (χ4v) is 2.66.